The molecule has 1 atom stereocenters. The third kappa shape index (κ3) is 6.92. The smallest absolute Gasteiger partial charge is 0.191 e. The molecule has 142 valence electrons. The fourth-order valence-electron chi connectivity index (χ4n) is 2.29. The van der Waals surface area contributed by atoms with Crippen molar-refractivity contribution < 1.29 is 9.47 Å². The molecule has 0 saturated carbocycles. The van der Waals surface area contributed by atoms with Gasteiger partial charge in [-0.05, 0) is 45.0 Å². The van der Waals surface area contributed by atoms with E-state index in [1.807, 2.05) is 37.4 Å². The van der Waals surface area contributed by atoms with Crippen LogP contribution in [-0.2, 0) is 6.42 Å². The van der Waals surface area contributed by atoms with Gasteiger partial charge >= 0.3 is 0 Å². The summed E-state index contributed by atoms with van der Waals surface area (Å²) in [6.07, 6.45) is 2.78. The van der Waals surface area contributed by atoms with Gasteiger partial charge in [-0.2, -0.15) is 0 Å². The summed E-state index contributed by atoms with van der Waals surface area (Å²) in [4.78, 5) is 10.2. The van der Waals surface area contributed by atoms with Gasteiger partial charge in [-0.25, -0.2) is 9.98 Å². The molecule has 1 aromatic carbocycles. The Balaban J connectivity index is 1.80. The molecule has 1 heterocycles. The fourth-order valence-corrected chi connectivity index (χ4v) is 3.08. The number of ether oxygens (including phenoxy) is 2. The van der Waals surface area contributed by atoms with Crippen molar-refractivity contribution in [2.75, 3.05) is 26.7 Å². The average molecular weight is 377 g/mol. The third-order valence-electron chi connectivity index (χ3n) is 3.55. The maximum Gasteiger partial charge on any atom is 0.191 e. The van der Waals surface area contributed by atoms with Crippen LogP contribution in [0.5, 0.6) is 11.5 Å². The van der Waals surface area contributed by atoms with Crippen molar-refractivity contribution in [3.8, 4) is 11.5 Å². The average Bonchev–Trinajstić information content (AvgIpc) is 3.05. The van der Waals surface area contributed by atoms with Crippen LogP contribution in [-0.4, -0.2) is 43.8 Å². The number of aryl methyl sites for hydroxylation is 1. The van der Waals surface area contributed by atoms with E-state index in [0.717, 1.165) is 42.0 Å². The second-order valence-corrected chi connectivity index (χ2v) is 7.18. The van der Waals surface area contributed by atoms with E-state index in [1.165, 1.54) is 4.88 Å². The molecule has 0 aliphatic rings. The van der Waals surface area contributed by atoms with Gasteiger partial charge in [0.15, 0.2) is 5.96 Å². The zero-order valence-corrected chi connectivity index (χ0v) is 16.7. The molecule has 0 bridgehead atoms. The van der Waals surface area contributed by atoms with Gasteiger partial charge in [0, 0.05) is 30.6 Å². The van der Waals surface area contributed by atoms with E-state index in [0.29, 0.717) is 6.54 Å². The van der Waals surface area contributed by atoms with Gasteiger partial charge < -0.3 is 20.1 Å². The minimum atomic E-state index is -0.0273. The van der Waals surface area contributed by atoms with Crippen LogP contribution in [0.4, 0.5) is 0 Å². The monoisotopic (exact) mass is 376 g/mol. The fraction of sp³-hybridized carbons (Fsp3) is 0.474. The highest BCUT2D eigenvalue weighted by atomic mass is 32.1. The van der Waals surface area contributed by atoms with Crippen molar-refractivity contribution in [3.05, 3.63) is 40.3 Å². The molecule has 0 amide bonds. The Morgan fingerprint density at radius 3 is 2.58 bits per heavy atom. The topological polar surface area (TPSA) is 67.8 Å². The first kappa shape index (κ1) is 20.0. The van der Waals surface area contributed by atoms with Crippen molar-refractivity contribution >= 4 is 17.3 Å². The number of hydrogen-bond donors (Lipinski definition) is 2. The van der Waals surface area contributed by atoms with Crippen molar-refractivity contribution in [2.45, 2.75) is 33.3 Å². The lowest BCUT2D eigenvalue weighted by molar-refractivity contribution is 0.230. The third-order valence-corrected chi connectivity index (χ3v) is 4.52. The number of rotatable bonds is 9. The van der Waals surface area contributed by atoms with Gasteiger partial charge in [-0.15, -0.1) is 11.3 Å². The van der Waals surface area contributed by atoms with E-state index in [9.17, 15) is 0 Å². The van der Waals surface area contributed by atoms with Crippen molar-refractivity contribution in [1.29, 1.82) is 0 Å². The number of benzene rings is 1. The molecule has 0 aliphatic heterocycles. The van der Waals surface area contributed by atoms with Crippen LogP contribution in [0.1, 0.15) is 23.7 Å². The Kier molecular flexibility index (Phi) is 8.21. The SMILES string of the molecule is CCNC(=NCC(C)Oc1ccc(OC)cc1)NCCc1ncc(C)s1. The van der Waals surface area contributed by atoms with E-state index in [2.05, 4.69) is 34.5 Å². The number of guanidine groups is 1. The summed E-state index contributed by atoms with van der Waals surface area (Å²) >= 11 is 1.73. The van der Waals surface area contributed by atoms with Gasteiger partial charge in [0.2, 0.25) is 0 Å². The normalized spacial score (nSPS) is 12.5. The summed E-state index contributed by atoms with van der Waals surface area (Å²) in [6.45, 7) is 8.32. The Hall–Kier alpha value is -2.28. The Morgan fingerprint density at radius 2 is 1.96 bits per heavy atom. The molecule has 0 aliphatic carbocycles. The van der Waals surface area contributed by atoms with Crippen LogP contribution in [0.25, 0.3) is 0 Å². The maximum atomic E-state index is 5.89. The second kappa shape index (κ2) is 10.7. The molecule has 1 aromatic heterocycles. The summed E-state index contributed by atoms with van der Waals surface area (Å²) in [5.41, 5.74) is 0. The zero-order valence-electron chi connectivity index (χ0n) is 15.9. The summed E-state index contributed by atoms with van der Waals surface area (Å²) in [6, 6.07) is 7.57. The van der Waals surface area contributed by atoms with Gasteiger partial charge in [0.25, 0.3) is 0 Å². The van der Waals surface area contributed by atoms with Crippen LogP contribution in [0.15, 0.2) is 35.5 Å². The quantitative estimate of drug-likeness (QED) is 0.520. The van der Waals surface area contributed by atoms with Crippen molar-refractivity contribution in [3.63, 3.8) is 0 Å². The van der Waals surface area contributed by atoms with Gasteiger partial charge in [-0.1, -0.05) is 0 Å². The maximum absolute atomic E-state index is 5.89. The molecule has 7 heteroatoms. The number of nitrogens with one attached hydrogen (secondary N) is 2. The van der Waals surface area contributed by atoms with Gasteiger partial charge in [-0.3, -0.25) is 0 Å². The van der Waals surface area contributed by atoms with Crippen LogP contribution in [0, 0.1) is 6.92 Å². The molecular formula is C19H28N4O2S. The second-order valence-electron chi connectivity index (χ2n) is 5.87. The van der Waals surface area contributed by atoms with Crippen LogP contribution < -0.4 is 20.1 Å². The molecule has 2 aromatic rings. The Bertz CT molecular complexity index is 685. The number of nitrogens with zero attached hydrogens (tertiary/aromatic N) is 2. The minimum absolute atomic E-state index is 0.0273. The van der Waals surface area contributed by atoms with Gasteiger partial charge in [0.05, 0.1) is 18.7 Å². The molecule has 0 fully saturated rings. The molecule has 0 saturated heterocycles. The number of aliphatic imine (C=N–C) groups is 1. The molecule has 6 nitrogen and oxygen atoms in total. The lowest BCUT2D eigenvalue weighted by Crippen LogP contribution is -2.39. The van der Waals surface area contributed by atoms with Crippen LogP contribution in [0.2, 0.25) is 0 Å². The first-order chi connectivity index (χ1) is 12.6. The molecular weight excluding hydrogens is 348 g/mol. The Morgan fingerprint density at radius 1 is 1.23 bits per heavy atom. The van der Waals surface area contributed by atoms with Crippen molar-refractivity contribution in [1.82, 2.24) is 15.6 Å². The summed E-state index contributed by atoms with van der Waals surface area (Å²) in [5, 5.41) is 7.75. The summed E-state index contributed by atoms with van der Waals surface area (Å²) in [7, 11) is 1.65. The van der Waals surface area contributed by atoms with Gasteiger partial charge in [0.1, 0.15) is 17.6 Å². The highest BCUT2D eigenvalue weighted by Crippen LogP contribution is 2.18. The number of thiazole rings is 1. The highest BCUT2D eigenvalue weighted by Gasteiger charge is 2.06. The van der Waals surface area contributed by atoms with Crippen LogP contribution >= 0.6 is 11.3 Å². The van der Waals surface area contributed by atoms with Crippen LogP contribution in [0.3, 0.4) is 0 Å². The summed E-state index contributed by atoms with van der Waals surface area (Å²) in [5.74, 6) is 2.42. The van der Waals surface area contributed by atoms with E-state index in [-0.39, 0.29) is 6.10 Å². The molecule has 0 radical (unpaired) electrons. The summed E-state index contributed by atoms with van der Waals surface area (Å²) < 4.78 is 11.0. The molecule has 1 unspecified atom stereocenters. The van der Waals surface area contributed by atoms with E-state index < -0.39 is 0 Å². The standard InChI is InChI=1S/C19H28N4O2S/c1-5-20-19(21-11-10-18-22-13-15(3)26-18)23-12-14(2)25-17-8-6-16(24-4)7-9-17/h6-9,13-14H,5,10-12H2,1-4H3,(H2,20,21,23). The minimum Gasteiger partial charge on any atom is -0.497 e. The predicted octanol–water partition coefficient (Wildman–Crippen LogP) is 3.03. The van der Waals surface area contributed by atoms with E-state index in [4.69, 9.17) is 9.47 Å². The molecule has 0 spiro atoms. The predicted molar refractivity (Wildman–Crippen MR) is 108 cm³/mol. The largest absolute Gasteiger partial charge is 0.497 e. The molecule has 2 N–H and O–H groups in total. The lowest BCUT2D eigenvalue weighted by atomic mass is 10.3. The lowest BCUT2D eigenvalue weighted by Gasteiger charge is -2.15. The number of methoxy groups -OCH3 is 1. The highest BCUT2D eigenvalue weighted by molar-refractivity contribution is 7.11. The number of aromatic nitrogens is 1. The molecule has 26 heavy (non-hydrogen) atoms. The van der Waals surface area contributed by atoms with E-state index >= 15 is 0 Å². The number of hydrogen-bond acceptors (Lipinski definition) is 5. The van der Waals surface area contributed by atoms with E-state index in [1.54, 1.807) is 18.4 Å². The first-order valence-electron chi connectivity index (χ1n) is 8.85. The zero-order chi connectivity index (χ0) is 18.8. The van der Waals surface area contributed by atoms with Crippen molar-refractivity contribution in [2.24, 2.45) is 4.99 Å². The molecule has 2 rings (SSSR count). The Labute approximate surface area is 159 Å². The first-order valence-corrected chi connectivity index (χ1v) is 9.66.